The van der Waals surface area contributed by atoms with Crippen molar-refractivity contribution in [3.8, 4) is 0 Å². The molecule has 6 nitrogen and oxygen atoms in total. The van der Waals surface area contributed by atoms with E-state index >= 15 is 0 Å². The number of thioether (sulfide) groups is 1. The van der Waals surface area contributed by atoms with Crippen LogP contribution in [0.5, 0.6) is 0 Å². The van der Waals surface area contributed by atoms with Crippen LogP contribution >= 0.6 is 35.0 Å². The van der Waals surface area contributed by atoms with Gasteiger partial charge in [-0.2, -0.15) is 0 Å². The first-order chi connectivity index (χ1) is 19.7. The average molecular weight is 605 g/mol. The second kappa shape index (κ2) is 14.0. The summed E-state index contributed by atoms with van der Waals surface area (Å²) in [6.45, 7) is 3.77. The number of carbonyl (C=O) groups is 3. The summed E-state index contributed by atoms with van der Waals surface area (Å²) in [5.41, 5.74) is 3.45. The minimum atomic E-state index is -0.469. The van der Waals surface area contributed by atoms with Gasteiger partial charge in [0.25, 0.3) is 11.8 Å². The summed E-state index contributed by atoms with van der Waals surface area (Å²) in [6.07, 6.45) is 1.63. The van der Waals surface area contributed by atoms with E-state index in [9.17, 15) is 14.4 Å². The highest BCUT2D eigenvalue weighted by Crippen LogP contribution is 2.27. The van der Waals surface area contributed by atoms with Crippen molar-refractivity contribution in [1.29, 1.82) is 0 Å². The number of anilines is 2. The van der Waals surface area contributed by atoms with Gasteiger partial charge >= 0.3 is 0 Å². The number of rotatable bonds is 9. The van der Waals surface area contributed by atoms with Crippen LogP contribution in [0.1, 0.15) is 28.4 Å². The molecule has 4 aromatic carbocycles. The molecule has 4 aromatic rings. The number of halogens is 2. The molecule has 0 bridgehead atoms. The topological polar surface area (TPSA) is 87.3 Å². The van der Waals surface area contributed by atoms with Gasteiger partial charge in [0, 0.05) is 31.9 Å². The largest absolute Gasteiger partial charge is 0.325 e. The minimum Gasteiger partial charge on any atom is -0.325 e. The van der Waals surface area contributed by atoms with Gasteiger partial charge < -0.3 is 16.0 Å². The van der Waals surface area contributed by atoms with Gasteiger partial charge in [-0.25, -0.2) is 0 Å². The van der Waals surface area contributed by atoms with Gasteiger partial charge in [0.05, 0.1) is 5.25 Å². The molecule has 4 rings (SSSR count). The molecule has 0 fully saturated rings. The van der Waals surface area contributed by atoms with Crippen molar-refractivity contribution in [3.63, 3.8) is 0 Å². The Bertz CT molecular complexity index is 1550. The zero-order chi connectivity index (χ0) is 29.4. The highest BCUT2D eigenvalue weighted by Gasteiger charge is 2.17. The third-order valence-corrected chi connectivity index (χ3v) is 7.39. The molecule has 0 radical (unpaired) electrons. The standard InChI is InChI=1S/C32H27Cl2N3O3S/c1-20-8-10-22(11-9-20)16-29(37-31(39)23-6-4-3-5-7-23)32(40)35-26-12-14-28(15-13-26)41-21(2)30(38)36-27-18-24(33)17-25(34)19-27/h3-19,21H,1-2H3,(H,35,40)(H,36,38)(H,37,39)/b29-16-. The summed E-state index contributed by atoms with van der Waals surface area (Å²) in [4.78, 5) is 39.6. The Morgan fingerprint density at radius 2 is 1.41 bits per heavy atom. The zero-order valence-corrected chi connectivity index (χ0v) is 24.6. The number of nitrogens with one attached hydrogen (secondary N) is 3. The Balaban J connectivity index is 1.42. The predicted molar refractivity (Wildman–Crippen MR) is 169 cm³/mol. The molecular formula is C32H27Cl2N3O3S. The van der Waals surface area contributed by atoms with Crippen LogP contribution in [-0.4, -0.2) is 23.0 Å². The van der Waals surface area contributed by atoms with E-state index in [0.717, 1.165) is 16.0 Å². The second-order valence-electron chi connectivity index (χ2n) is 9.17. The molecule has 0 aromatic heterocycles. The molecule has 0 aliphatic carbocycles. The van der Waals surface area contributed by atoms with E-state index in [4.69, 9.17) is 23.2 Å². The van der Waals surface area contributed by atoms with E-state index in [1.165, 1.54) is 11.8 Å². The lowest BCUT2D eigenvalue weighted by atomic mass is 10.1. The van der Waals surface area contributed by atoms with Crippen LogP contribution in [0.2, 0.25) is 10.0 Å². The minimum absolute atomic E-state index is 0.104. The number of benzene rings is 4. The molecule has 0 saturated carbocycles. The fourth-order valence-electron chi connectivity index (χ4n) is 3.71. The van der Waals surface area contributed by atoms with E-state index < -0.39 is 17.1 Å². The van der Waals surface area contributed by atoms with Gasteiger partial charge in [-0.05, 0) is 80.1 Å². The van der Waals surface area contributed by atoms with E-state index in [-0.39, 0.29) is 11.6 Å². The van der Waals surface area contributed by atoms with Crippen molar-refractivity contribution < 1.29 is 14.4 Å². The molecule has 9 heteroatoms. The van der Waals surface area contributed by atoms with Crippen LogP contribution in [0.3, 0.4) is 0 Å². The maximum atomic E-state index is 13.3. The normalized spacial score (nSPS) is 11.9. The first-order valence-corrected chi connectivity index (χ1v) is 14.3. The molecule has 0 spiro atoms. The highest BCUT2D eigenvalue weighted by atomic mass is 35.5. The summed E-state index contributed by atoms with van der Waals surface area (Å²) < 4.78 is 0. The molecule has 0 aliphatic rings. The van der Waals surface area contributed by atoms with Crippen molar-refractivity contribution in [2.45, 2.75) is 24.0 Å². The molecular weight excluding hydrogens is 577 g/mol. The summed E-state index contributed by atoms with van der Waals surface area (Å²) in [7, 11) is 0. The molecule has 1 atom stereocenters. The smallest absolute Gasteiger partial charge is 0.272 e. The quantitative estimate of drug-likeness (QED) is 0.134. The third-order valence-electron chi connectivity index (χ3n) is 5.84. The van der Waals surface area contributed by atoms with Gasteiger partial charge in [-0.3, -0.25) is 14.4 Å². The Morgan fingerprint density at radius 3 is 2.05 bits per heavy atom. The molecule has 41 heavy (non-hydrogen) atoms. The third kappa shape index (κ3) is 8.98. The lowest BCUT2D eigenvalue weighted by molar-refractivity contribution is -0.115. The summed E-state index contributed by atoms with van der Waals surface area (Å²) in [5, 5.41) is 8.85. The van der Waals surface area contributed by atoms with E-state index in [1.807, 2.05) is 49.4 Å². The first kappa shape index (κ1) is 29.9. The Kier molecular flexibility index (Phi) is 10.2. The lowest BCUT2D eigenvalue weighted by Crippen LogP contribution is -2.30. The van der Waals surface area contributed by atoms with Crippen LogP contribution in [0.4, 0.5) is 11.4 Å². The number of carbonyl (C=O) groups excluding carboxylic acids is 3. The van der Waals surface area contributed by atoms with Crippen LogP contribution in [-0.2, 0) is 9.59 Å². The Labute approximate surface area is 253 Å². The average Bonchev–Trinajstić information content (AvgIpc) is 2.94. The Morgan fingerprint density at radius 1 is 0.780 bits per heavy atom. The molecule has 3 N–H and O–H groups in total. The number of amides is 3. The number of aryl methyl sites for hydroxylation is 1. The van der Waals surface area contributed by atoms with Crippen LogP contribution in [0, 0.1) is 6.92 Å². The van der Waals surface area contributed by atoms with Crippen molar-refractivity contribution in [3.05, 3.63) is 129 Å². The molecule has 0 aliphatic heterocycles. The predicted octanol–water partition coefficient (Wildman–Crippen LogP) is 7.83. The molecule has 3 amide bonds. The lowest BCUT2D eigenvalue weighted by Gasteiger charge is -2.14. The van der Waals surface area contributed by atoms with E-state index in [1.54, 1.807) is 67.6 Å². The fraction of sp³-hybridized carbons (Fsp3) is 0.0938. The maximum absolute atomic E-state index is 13.3. The SMILES string of the molecule is Cc1ccc(/C=C(\NC(=O)c2ccccc2)C(=O)Nc2ccc(SC(C)C(=O)Nc3cc(Cl)cc(Cl)c3)cc2)cc1. The summed E-state index contributed by atoms with van der Waals surface area (Å²) in [5.74, 6) is -1.06. The zero-order valence-electron chi connectivity index (χ0n) is 22.3. The van der Waals surface area contributed by atoms with Gasteiger partial charge in [0.1, 0.15) is 5.70 Å². The van der Waals surface area contributed by atoms with Crippen molar-refractivity contribution in [1.82, 2.24) is 5.32 Å². The van der Waals surface area contributed by atoms with Gasteiger partial charge in [0.2, 0.25) is 5.91 Å². The van der Waals surface area contributed by atoms with E-state index in [0.29, 0.717) is 27.0 Å². The van der Waals surface area contributed by atoms with Crippen molar-refractivity contribution in [2.24, 2.45) is 0 Å². The molecule has 0 heterocycles. The van der Waals surface area contributed by atoms with Crippen LogP contribution in [0.25, 0.3) is 6.08 Å². The van der Waals surface area contributed by atoms with Crippen molar-refractivity contribution in [2.75, 3.05) is 10.6 Å². The highest BCUT2D eigenvalue weighted by molar-refractivity contribution is 8.00. The van der Waals surface area contributed by atoms with Gasteiger partial charge in [0.15, 0.2) is 0 Å². The summed E-state index contributed by atoms with van der Waals surface area (Å²) in [6, 6.07) is 28.3. The van der Waals surface area contributed by atoms with Gasteiger partial charge in [-0.1, -0.05) is 71.2 Å². The van der Waals surface area contributed by atoms with Crippen LogP contribution in [0.15, 0.2) is 108 Å². The van der Waals surface area contributed by atoms with Crippen molar-refractivity contribution >= 4 is 70.1 Å². The number of hydrogen-bond donors (Lipinski definition) is 3. The van der Waals surface area contributed by atoms with Crippen LogP contribution < -0.4 is 16.0 Å². The monoisotopic (exact) mass is 603 g/mol. The number of hydrogen-bond acceptors (Lipinski definition) is 4. The van der Waals surface area contributed by atoms with E-state index in [2.05, 4.69) is 16.0 Å². The first-order valence-electron chi connectivity index (χ1n) is 12.7. The fourth-order valence-corrected chi connectivity index (χ4v) is 5.11. The molecule has 208 valence electrons. The molecule has 0 saturated heterocycles. The summed E-state index contributed by atoms with van der Waals surface area (Å²) >= 11 is 13.4. The molecule has 1 unspecified atom stereocenters. The maximum Gasteiger partial charge on any atom is 0.272 e. The van der Waals surface area contributed by atoms with Gasteiger partial charge in [-0.15, -0.1) is 11.8 Å². The Hall–Kier alpha value is -4.04. The second-order valence-corrected chi connectivity index (χ2v) is 11.5.